The number of allylic oxidation sites excluding steroid dienone is 1. The lowest BCUT2D eigenvalue weighted by Gasteiger charge is -2.05. The zero-order valence-electron chi connectivity index (χ0n) is 9.78. The van der Waals surface area contributed by atoms with Crippen molar-refractivity contribution in [1.29, 1.82) is 0 Å². The third-order valence-electron chi connectivity index (χ3n) is 2.15. The topological polar surface area (TPSA) is 48.7 Å². The minimum atomic E-state index is -0.388. The highest BCUT2D eigenvalue weighted by molar-refractivity contribution is 5.82. The molecule has 4 nitrogen and oxygen atoms in total. The van der Waals surface area contributed by atoms with Crippen molar-refractivity contribution in [1.82, 2.24) is 0 Å². The molecule has 0 aliphatic carbocycles. The van der Waals surface area contributed by atoms with Crippen LogP contribution in [-0.2, 0) is 20.7 Å². The van der Waals surface area contributed by atoms with Gasteiger partial charge in [-0.3, -0.25) is 0 Å². The van der Waals surface area contributed by atoms with E-state index in [1.807, 2.05) is 6.92 Å². The molecule has 1 rings (SSSR count). The molecule has 0 aromatic carbocycles. The van der Waals surface area contributed by atoms with Crippen LogP contribution in [0.5, 0.6) is 0 Å². The van der Waals surface area contributed by atoms with E-state index in [1.165, 1.54) is 13.2 Å². The Morgan fingerprint density at radius 3 is 2.75 bits per heavy atom. The van der Waals surface area contributed by atoms with Gasteiger partial charge in [0.15, 0.2) is 0 Å². The minimum Gasteiger partial charge on any atom is -0.500 e. The van der Waals surface area contributed by atoms with Crippen molar-refractivity contribution in [2.75, 3.05) is 13.7 Å². The molecule has 1 heterocycles. The van der Waals surface area contributed by atoms with Gasteiger partial charge in [-0.2, -0.15) is 0 Å². The molecule has 0 N–H and O–H groups in total. The average molecular weight is 224 g/mol. The number of furan rings is 1. The van der Waals surface area contributed by atoms with Crippen LogP contribution >= 0.6 is 0 Å². The number of aryl methyl sites for hydroxylation is 1. The lowest BCUT2D eigenvalue weighted by Crippen LogP contribution is -2.03. The second-order valence-corrected chi connectivity index (χ2v) is 3.32. The molecule has 0 radical (unpaired) electrons. The highest BCUT2D eigenvalue weighted by Crippen LogP contribution is 2.14. The second-order valence-electron chi connectivity index (χ2n) is 3.32. The molecule has 0 aliphatic rings. The Balaban J connectivity index is 2.69. The number of hydrogen-bond acceptors (Lipinski definition) is 4. The van der Waals surface area contributed by atoms with Crippen molar-refractivity contribution in [3.63, 3.8) is 0 Å². The van der Waals surface area contributed by atoms with Gasteiger partial charge in [0.1, 0.15) is 5.76 Å². The highest BCUT2D eigenvalue weighted by atomic mass is 16.5. The summed E-state index contributed by atoms with van der Waals surface area (Å²) in [6.07, 6.45) is 5.19. The molecule has 0 spiro atoms. The first-order chi connectivity index (χ1) is 7.67. The van der Waals surface area contributed by atoms with E-state index in [4.69, 9.17) is 13.9 Å². The molecule has 0 atom stereocenters. The summed E-state index contributed by atoms with van der Waals surface area (Å²) in [4.78, 5) is 11.2. The summed E-state index contributed by atoms with van der Waals surface area (Å²) < 4.78 is 15.0. The number of hydrogen-bond donors (Lipinski definition) is 0. The zero-order chi connectivity index (χ0) is 12.0. The SMILES string of the molecule is CCOC(=O)/C=C(\Cc1cocc1C)OC. The average Bonchev–Trinajstić information content (AvgIpc) is 2.64. The number of ether oxygens (including phenoxy) is 2. The van der Waals surface area contributed by atoms with Gasteiger partial charge in [0.2, 0.25) is 0 Å². The van der Waals surface area contributed by atoms with Crippen LogP contribution < -0.4 is 0 Å². The molecule has 0 unspecified atom stereocenters. The molecule has 0 aliphatic heterocycles. The summed E-state index contributed by atoms with van der Waals surface area (Å²) in [6, 6.07) is 0. The number of esters is 1. The fourth-order valence-electron chi connectivity index (χ4n) is 1.25. The molecule has 88 valence electrons. The molecule has 0 saturated carbocycles. The first-order valence-corrected chi connectivity index (χ1v) is 5.10. The highest BCUT2D eigenvalue weighted by Gasteiger charge is 2.07. The van der Waals surface area contributed by atoms with Gasteiger partial charge in [-0.15, -0.1) is 0 Å². The number of methoxy groups -OCH3 is 1. The van der Waals surface area contributed by atoms with E-state index in [-0.39, 0.29) is 5.97 Å². The lowest BCUT2D eigenvalue weighted by molar-refractivity contribution is -0.137. The molecule has 0 bridgehead atoms. The van der Waals surface area contributed by atoms with Crippen LogP contribution in [0, 0.1) is 6.92 Å². The number of carbonyl (C=O) groups excluding carboxylic acids is 1. The summed E-state index contributed by atoms with van der Waals surface area (Å²) in [6.45, 7) is 4.06. The maximum atomic E-state index is 11.2. The predicted octanol–water partition coefficient (Wildman–Crippen LogP) is 2.22. The normalized spacial score (nSPS) is 11.3. The van der Waals surface area contributed by atoms with Crippen LogP contribution in [0.4, 0.5) is 0 Å². The molecule has 1 aromatic heterocycles. The van der Waals surface area contributed by atoms with Gasteiger partial charge in [-0.25, -0.2) is 4.79 Å². The van der Waals surface area contributed by atoms with E-state index in [0.29, 0.717) is 18.8 Å². The number of rotatable bonds is 5. The molecule has 1 aromatic rings. The van der Waals surface area contributed by atoms with Crippen molar-refractivity contribution in [2.45, 2.75) is 20.3 Å². The molecule has 0 amide bonds. The van der Waals surface area contributed by atoms with Gasteiger partial charge in [-0.1, -0.05) is 0 Å². The second kappa shape index (κ2) is 6.00. The minimum absolute atomic E-state index is 0.358. The lowest BCUT2D eigenvalue weighted by atomic mass is 10.1. The first kappa shape index (κ1) is 12.4. The van der Waals surface area contributed by atoms with Crippen molar-refractivity contribution in [2.24, 2.45) is 0 Å². The molecular formula is C12H16O4. The Kier molecular flexibility index (Phi) is 4.64. The molecule has 0 saturated heterocycles. The zero-order valence-corrected chi connectivity index (χ0v) is 9.78. The fraction of sp³-hybridized carbons (Fsp3) is 0.417. The molecule has 16 heavy (non-hydrogen) atoms. The first-order valence-electron chi connectivity index (χ1n) is 5.10. The van der Waals surface area contributed by atoms with E-state index < -0.39 is 0 Å². The van der Waals surface area contributed by atoms with Gasteiger partial charge in [0, 0.05) is 12.0 Å². The smallest absolute Gasteiger partial charge is 0.334 e. The van der Waals surface area contributed by atoms with Crippen molar-refractivity contribution >= 4 is 5.97 Å². The van der Waals surface area contributed by atoms with Gasteiger partial charge < -0.3 is 13.9 Å². The molecular weight excluding hydrogens is 208 g/mol. The Labute approximate surface area is 94.8 Å². The van der Waals surface area contributed by atoms with Gasteiger partial charge in [-0.05, 0) is 19.4 Å². The largest absolute Gasteiger partial charge is 0.500 e. The van der Waals surface area contributed by atoms with Crippen LogP contribution in [-0.4, -0.2) is 19.7 Å². The molecule has 0 fully saturated rings. The van der Waals surface area contributed by atoms with E-state index in [2.05, 4.69) is 0 Å². The summed E-state index contributed by atoms with van der Waals surface area (Å²) in [7, 11) is 1.53. The van der Waals surface area contributed by atoms with Crippen LogP contribution in [0.15, 0.2) is 28.8 Å². The Morgan fingerprint density at radius 2 is 2.25 bits per heavy atom. The summed E-state index contributed by atoms with van der Waals surface area (Å²) in [5.41, 5.74) is 2.03. The third kappa shape index (κ3) is 3.46. The van der Waals surface area contributed by atoms with Crippen LogP contribution in [0.25, 0.3) is 0 Å². The van der Waals surface area contributed by atoms with Crippen molar-refractivity contribution in [3.8, 4) is 0 Å². The number of carbonyl (C=O) groups is 1. The summed E-state index contributed by atoms with van der Waals surface area (Å²) >= 11 is 0. The van der Waals surface area contributed by atoms with Gasteiger partial charge in [0.25, 0.3) is 0 Å². The Bertz CT molecular complexity index is 376. The monoisotopic (exact) mass is 224 g/mol. The molecule has 4 heteroatoms. The van der Waals surface area contributed by atoms with Crippen molar-refractivity contribution in [3.05, 3.63) is 35.5 Å². The predicted molar refractivity (Wildman–Crippen MR) is 58.9 cm³/mol. The van der Waals surface area contributed by atoms with Crippen LogP contribution in [0.2, 0.25) is 0 Å². The van der Waals surface area contributed by atoms with Crippen LogP contribution in [0.1, 0.15) is 18.1 Å². The summed E-state index contributed by atoms with van der Waals surface area (Å²) in [5.74, 6) is 0.170. The maximum Gasteiger partial charge on any atom is 0.334 e. The fourth-order valence-corrected chi connectivity index (χ4v) is 1.25. The maximum absolute atomic E-state index is 11.2. The Hall–Kier alpha value is -1.71. The van der Waals surface area contributed by atoms with E-state index in [9.17, 15) is 4.79 Å². The third-order valence-corrected chi connectivity index (χ3v) is 2.15. The van der Waals surface area contributed by atoms with Gasteiger partial charge in [0.05, 0.1) is 32.3 Å². The van der Waals surface area contributed by atoms with Gasteiger partial charge >= 0.3 is 5.97 Å². The summed E-state index contributed by atoms with van der Waals surface area (Å²) in [5, 5.41) is 0. The van der Waals surface area contributed by atoms with E-state index in [1.54, 1.807) is 19.5 Å². The van der Waals surface area contributed by atoms with E-state index >= 15 is 0 Å². The van der Waals surface area contributed by atoms with Crippen molar-refractivity contribution < 1.29 is 18.7 Å². The van der Waals surface area contributed by atoms with E-state index in [0.717, 1.165) is 11.1 Å². The standard InChI is InChI=1S/C12H16O4/c1-4-16-12(13)6-11(14-3)5-10-8-15-7-9(10)2/h6-8H,4-5H2,1-3H3/b11-6+. The Morgan fingerprint density at radius 1 is 1.50 bits per heavy atom. The van der Waals surface area contributed by atoms with Crippen LogP contribution in [0.3, 0.4) is 0 Å². The quantitative estimate of drug-likeness (QED) is 0.437.